The highest BCUT2D eigenvalue weighted by atomic mass is 16.5. The number of unbranched alkanes of at least 4 members (excludes halogenated alkanes) is 9. The van der Waals surface area contributed by atoms with Crippen molar-refractivity contribution in [2.24, 2.45) is 0 Å². The van der Waals surface area contributed by atoms with Gasteiger partial charge in [-0.05, 0) is 31.0 Å². The van der Waals surface area contributed by atoms with Crippen molar-refractivity contribution in [1.82, 2.24) is 0 Å². The van der Waals surface area contributed by atoms with Gasteiger partial charge < -0.3 is 9.84 Å². The number of aromatic hydroxyl groups is 1. The molecule has 1 N–H and O–H groups in total. The predicted octanol–water partition coefficient (Wildman–Crippen LogP) is 6.67. The Labute approximate surface area is 153 Å². The molecule has 0 saturated carbocycles. The first-order valence-corrected chi connectivity index (χ1v) is 10.2. The molecule has 25 heavy (non-hydrogen) atoms. The van der Waals surface area contributed by atoms with E-state index in [4.69, 9.17) is 4.74 Å². The fraction of sp³-hybridized carbons (Fsp3) is 0.682. The maximum absolute atomic E-state index is 12.3. The van der Waals surface area contributed by atoms with Crippen LogP contribution < -0.4 is 4.74 Å². The Morgan fingerprint density at radius 1 is 0.880 bits per heavy atom. The van der Waals surface area contributed by atoms with Crippen LogP contribution in [0.25, 0.3) is 0 Å². The summed E-state index contributed by atoms with van der Waals surface area (Å²) < 4.78 is 5.63. The van der Waals surface area contributed by atoms with E-state index in [-0.39, 0.29) is 11.5 Å². The number of phenols is 1. The van der Waals surface area contributed by atoms with Crippen LogP contribution in [0, 0.1) is 0 Å². The lowest BCUT2D eigenvalue weighted by Crippen LogP contribution is -2.02. The van der Waals surface area contributed by atoms with Gasteiger partial charge in [-0.3, -0.25) is 4.79 Å². The summed E-state index contributed by atoms with van der Waals surface area (Å²) in [5.74, 6) is 0.742. The minimum atomic E-state index is 0.0152. The fourth-order valence-corrected chi connectivity index (χ4v) is 2.89. The number of benzene rings is 1. The molecular formula is C22H36O3. The first-order chi connectivity index (χ1) is 12.2. The number of phenolic OH excluding ortho intramolecular Hbond substituents is 1. The Bertz CT molecular complexity index is 482. The second kappa shape index (κ2) is 13.7. The van der Waals surface area contributed by atoms with Crippen molar-refractivity contribution in [3.8, 4) is 11.5 Å². The van der Waals surface area contributed by atoms with Gasteiger partial charge in [0.2, 0.25) is 0 Å². The highest BCUT2D eigenvalue weighted by molar-refractivity contribution is 5.98. The zero-order valence-corrected chi connectivity index (χ0v) is 16.2. The summed E-state index contributed by atoms with van der Waals surface area (Å²) in [5.41, 5.74) is 0.397. The standard InChI is InChI=1S/C22H36O3/c1-3-5-7-8-9-10-11-12-13-14-21(23)20-18-19(15-16-22(20)24)25-17-6-4-2/h15-16,18,24H,3-14,17H2,1-2H3. The third kappa shape index (κ3) is 9.52. The van der Waals surface area contributed by atoms with Gasteiger partial charge in [-0.25, -0.2) is 0 Å². The van der Waals surface area contributed by atoms with Crippen LogP contribution in [-0.4, -0.2) is 17.5 Å². The van der Waals surface area contributed by atoms with Gasteiger partial charge in [-0.1, -0.05) is 71.6 Å². The molecule has 1 aromatic carbocycles. The number of carbonyl (C=O) groups is 1. The zero-order chi connectivity index (χ0) is 18.3. The molecule has 0 spiro atoms. The van der Waals surface area contributed by atoms with Crippen molar-refractivity contribution in [3.05, 3.63) is 23.8 Å². The minimum absolute atomic E-state index is 0.0152. The van der Waals surface area contributed by atoms with Gasteiger partial charge in [0.25, 0.3) is 0 Å². The molecule has 0 heterocycles. The van der Waals surface area contributed by atoms with Crippen LogP contribution in [0.15, 0.2) is 18.2 Å². The van der Waals surface area contributed by atoms with E-state index in [1.807, 2.05) is 0 Å². The largest absolute Gasteiger partial charge is 0.507 e. The van der Waals surface area contributed by atoms with Crippen LogP contribution in [0.1, 0.15) is 101 Å². The normalized spacial score (nSPS) is 10.8. The molecule has 0 saturated heterocycles. The van der Waals surface area contributed by atoms with Gasteiger partial charge in [0, 0.05) is 6.42 Å². The molecule has 0 radical (unpaired) electrons. The van der Waals surface area contributed by atoms with E-state index in [1.54, 1.807) is 18.2 Å². The average molecular weight is 349 g/mol. The molecule has 0 atom stereocenters. The maximum atomic E-state index is 12.3. The van der Waals surface area contributed by atoms with Crippen LogP contribution in [0.4, 0.5) is 0 Å². The third-order valence-corrected chi connectivity index (χ3v) is 4.54. The molecule has 0 amide bonds. The van der Waals surface area contributed by atoms with E-state index in [1.165, 1.54) is 44.9 Å². The summed E-state index contributed by atoms with van der Waals surface area (Å²) in [6.07, 6.45) is 13.7. The Hall–Kier alpha value is -1.51. The molecule has 1 aromatic rings. The van der Waals surface area contributed by atoms with E-state index in [0.29, 0.717) is 24.3 Å². The van der Waals surface area contributed by atoms with Gasteiger partial charge in [0.05, 0.1) is 12.2 Å². The maximum Gasteiger partial charge on any atom is 0.166 e. The molecule has 0 aromatic heterocycles. The number of ether oxygens (including phenoxy) is 1. The van der Waals surface area contributed by atoms with Crippen LogP contribution in [-0.2, 0) is 0 Å². The Kier molecular flexibility index (Phi) is 11.8. The van der Waals surface area contributed by atoms with Crippen molar-refractivity contribution in [1.29, 1.82) is 0 Å². The summed E-state index contributed by atoms with van der Waals surface area (Å²) >= 11 is 0. The Balaban J connectivity index is 2.26. The summed E-state index contributed by atoms with van der Waals surface area (Å²) in [6.45, 7) is 5.00. The minimum Gasteiger partial charge on any atom is -0.507 e. The van der Waals surface area contributed by atoms with Crippen LogP contribution >= 0.6 is 0 Å². The number of carbonyl (C=O) groups excluding carboxylic acids is 1. The first-order valence-electron chi connectivity index (χ1n) is 10.2. The lowest BCUT2D eigenvalue weighted by molar-refractivity contribution is 0.0976. The number of rotatable bonds is 15. The molecule has 0 aliphatic heterocycles. The summed E-state index contributed by atoms with van der Waals surface area (Å²) in [7, 11) is 0. The number of Topliss-reactive ketones (excluding diaryl/α,β-unsaturated/α-hetero) is 1. The Morgan fingerprint density at radius 2 is 1.48 bits per heavy atom. The number of hydrogen-bond donors (Lipinski definition) is 1. The van der Waals surface area contributed by atoms with E-state index < -0.39 is 0 Å². The molecule has 0 aliphatic carbocycles. The Morgan fingerprint density at radius 3 is 2.12 bits per heavy atom. The fourth-order valence-electron chi connectivity index (χ4n) is 2.89. The van der Waals surface area contributed by atoms with Gasteiger partial charge in [0.1, 0.15) is 11.5 Å². The van der Waals surface area contributed by atoms with Gasteiger partial charge >= 0.3 is 0 Å². The molecule has 0 aliphatic rings. The first kappa shape index (κ1) is 21.5. The van der Waals surface area contributed by atoms with Crippen LogP contribution in [0.2, 0.25) is 0 Å². The van der Waals surface area contributed by atoms with Crippen LogP contribution in [0.5, 0.6) is 11.5 Å². The van der Waals surface area contributed by atoms with Crippen molar-refractivity contribution in [3.63, 3.8) is 0 Å². The summed E-state index contributed by atoms with van der Waals surface area (Å²) in [5, 5.41) is 9.94. The molecule has 0 unspecified atom stereocenters. The van der Waals surface area contributed by atoms with Crippen molar-refractivity contribution < 1.29 is 14.6 Å². The second-order valence-corrected chi connectivity index (χ2v) is 6.88. The van der Waals surface area contributed by atoms with Gasteiger partial charge in [0.15, 0.2) is 5.78 Å². The third-order valence-electron chi connectivity index (χ3n) is 4.54. The quantitative estimate of drug-likeness (QED) is 0.284. The van der Waals surface area contributed by atoms with Crippen molar-refractivity contribution >= 4 is 5.78 Å². The smallest absolute Gasteiger partial charge is 0.166 e. The summed E-state index contributed by atoms with van der Waals surface area (Å²) in [4.78, 5) is 12.3. The molecule has 0 fully saturated rings. The van der Waals surface area contributed by atoms with E-state index in [9.17, 15) is 9.90 Å². The molecule has 0 bridgehead atoms. The van der Waals surface area contributed by atoms with Gasteiger partial charge in [-0.2, -0.15) is 0 Å². The van der Waals surface area contributed by atoms with E-state index >= 15 is 0 Å². The number of hydrogen-bond acceptors (Lipinski definition) is 3. The van der Waals surface area contributed by atoms with Crippen molar-refractivity contribution in [2.75, 3.05) is 6.61 Å². The SMILES string of the molecule is CCCCCCCCCCCC(=O)c1cc(OCCCC)ccc1O. The molecule has 142 valence electrons. The number of ketones is 1. The van der Waals surface area contributed by atoms with Gasteiger partial charge in [-0.15, -0.1) is 0 Å². The molecule has 3 nitrogen and oxygen atoms in total. The topological polar surface area (TPSA) is 46.5 Å². The second-order valence-electron chi connectivity index (χ2n) is 6.88. The summed E-state index contributed by atoms with van der Waals surface area (Å²) in [6, 6.07) is 4.96. The lowest BCUT2D eigenvalue weighted by atomic mass is 10.0. The average Bonchev–Trinajstić information content (AvgIpc) is 2.61. The van der Waals surface area contributed by atoms with Crippen LogP contribution in [0.3, 0.4) is 0 Å². The highest BCUT2D eigenvalue weighted by Gasteiger charge is 2.12. The lowest BCUT2D eigenvalue weighted by Gasteiger charge is -2.09. The highest BCUT2D eigenvalue weighted by Crippen LogP contribution is 2.25. The molecule has 3 heteroatoms. The van der Waals surface area contributed by atoms with Crippen molar-refractivity contribution in [2.45, 2.75) is 90.9 Å². The molecule has 1 rings (SSSR count). The zero-order valence-electron chi connectivity index (χ0n) is 16.2. The van der Waals surface area contributed by atoms with E-state index in [2.05, 4.69) is 13.8 Å². The monoisotopic (exact) mass is 348 g/mol. The van der Waals surface area contributed by atoms with E-state index in [0.717, 1.165) is 25.7 Å². The predicted molar refractivity (Wildman–Crippen MR) is 105 cm³/mol. The molecular weight excluding hydrogens is 312 g/mol.